The summed E-state index contributed by atoms with van der Waals surface area (Å²) in [6.45, 7) is 1.55. The SMILES string of the molecule is COc1ccc(C(=O)CCC(=O)NCC(=O)N2CCCCC2)cc1. The fourth-order valence-corrected chi connectivity index (χ4v) is 2.67. The summed E-state index contributed by atoms with van der Waals surface area (Å²) < 4.78 is 5.04. The zero-order valence-electron chi connectivity index (χ0n) is 14.0. The predicted molar refractivity (Wildman–Crippen MR) is 90.0 cm³/mol. The Hall–Kier alpha value is -2.37. The van der Waals surface area contributed by atoms with Crippen molar-refractivity contribution in [2.45, 2.75) is 32.1 Å². The Morgan fingerprint density at radius 2 is 1.71 bits per heavy atom. The minimum atomic E-state index is -0.276. The molecule has 0 unspecified atom stereocenters. The molecule has 0 atom stereocenters. The largest absolute Gasteiger partial charge is 0.497 e. The van der Waals surface area contributed by atoms with Crippen LogP contribution in [0.15, 0.2) is 24.3 Å². The summed E-state index contributed by atoms with van der Waals surface area (Å²) in [4.78, 5) is 37.6. The molecule has 1 aliphatic rings. The van der Waals surface area contributed by atoms with Gasteiger partial charge in [0.2, 0.25) is 11.8 Å². The van der Waals surface area contributed by atoms with Crippen molar-refractivity contribution in [1.82, 2.24) is 10.2 Å². The molecule has 130 valence electrons. The summed E-state index contributed by atoms with van der Waals surface area (Å²) in [7, 11) is 1.56. The zero-order chi connectivity index (χ0) is 17.4. The van der Waals surface area contributed by atoms with Crippen molar-refractivity contribution in [1.29, 1.82) is 0 Å². The van der Waals surface area contributed by atoms with Gasteiger partial charge in [-0.3, -0.25) is 14.4 Å². The van der Waals surface area contributed by atoms with Gasteiger partial charge in [0.15, 0.2) is 5.78 Å². The second kappa shape index (κ2) is 9.05. The van der Waals surface area contributed by atoms with E-state index >= 15 is 0 Å². The van der Waals surface area contributed by atoms with Crippen molar-refractivity contribution >= 4 is 17.6 Å². The maximum Gasteiger partial charge on any atom is 0.241 e. The monoisotopic (exact) mass is 332 g/mol. The van der Waals surface area contributed by atoms with E-state index in [2.05, 4.69) is 5.32 Å². The Balaban J connectivity index is 1.70. The summed E-state index contributed by atoms with van der Waals surface area (Å²) in [5, 5.41) is 2.60. The number of ketones is 1. The predicted octanol–water partition coefficient (Wildman–Crippen LogP) is 1.79. The average Bonchev–Trinajstić information content (AvgIpc) is 2.64. The molecule has 1 fully saturated rings. The topological polar surface area (TPSA) is 75.7 Å². The number of piperidine rings is 1. The lowest BCUT2D eigenvalue weighted by molar-refractivity contribution is -0.133. The molecular formula is C18H24N2O4. The summed E-state index contributed by atoms with van der Waals surface area (Å²) in [5.74, 6) is 0.252. The quantitative estimate of drug-likeness (QED) is 0.772. The van der Waals surface area contributed by atoms with E-state index in [0.717, 1.165) is 32.4 Å². The molecule has 24 heavy (non-hydrogen) atoms. The van der Waals surface area contributed by atoms with Gasteiger partial charge >= 0.3 is 0 Å². The molecular weight excluding hydrogens is 308 g/mol. The highest BCUT2D eigenvalue weighted by Gasteiger charge is 2.17. The van der Waals surface area contributed by atoms with E-state index in [-0.39, 0.29) is 37.0 Å². The number of benzene rings is 1. The number of ether oxygens (including phenoxy) is 1. The Morgan fingerprint density at radius 3 is 2.33 bits per heavy atom. The van der Waals surface area contributed by atoms with E-state index in [1.807, 2.05) is 0 Å². The third-order valence-corrected chi connectivity index (χ3v) is 4.14. The Labute approximate surface area is 142 Å². The number of likely N-dealkylation sites (tertiary alicyclic amines) is 1. The number of hydrogen-bond acceptors (Lipinski definition) is 4. The van der Waals surface area contributed by atoms with Gasteiger partial charge in [-0.1, -0.05) is 0 Å². The molecule has 2 amide bonds. The minimum absolute atomic E-state index is 0.00948. The number of methoxy groups -OCH3 is 1. The van der Waals surface area contributed by atoms with Crippen LogP contribution in [0, 0.1) is 0 Å². The fourth-order valence-electron chi connectivity index (χ4n) is 2.67. The van der Waals surface area contributed by atoms with Gasteiger partial charge in [-0.2, -0.15) is 0 Å². The number of carbonyl (C=O) groups excluding carboxylic acids is 3. The van der Waals surface area contributed by atoms with Crippen molar-refractivity contribution in [3.05, 3.63) is 29.8 Å². The number of nitrogens with one attached hydrogen (secondary N) is 1. The van der Waals surface area contributed by atoms with Gasteiger partial charge in [0.05, 0.1) is 13.7 Å². The molecule has 6 heteroatoms. The van der Waals surface area contributed by atoms with Crippen LogP contribution in [0.5, 0.6) is 5.75 Å². The van der Waals surface area contributed by atoms with E-state index in [1.165, 1.54) is 0 Å². The van der Waals surface area contributed by atoms with Crippen molar-refractivity contribution in [2.24, 2.45) is 0 Å². The van der Waals surface area contributed by atoms with E-state index in [9.17, 15) is 14.4 Å². The van der Waals surface area contributed by atoms with E-state index in [1.54, 1.807) is 36.3 Å². The Bertz CT molecular complexity index is 577. The van der Waals surface area contributed by atoms with Gasteiger partial charge in [0.1, 0.15) is 5.75 Å². The molecule has 1 aromatic carbocycles. The van der Waals surface area contributed by atoms with Gasteiger partial charge in [-0.15, -0.1) is 0 Å². The second-order valence-electron chi connectivity index (χ2n) is 5.87. The van der Waals surface area contributed by atoms with Crippen molar-refractivity contribution in [2.75, 3.05) is 26.7 Å². The lowest BCUT2D eigenvalue weighted by Gasteiger charge is -2.26. The molecule has 0 spiro atoms. The fraction of sp³-hybridized carbons (Fsp3) is 0.500. The first-order chi connectivity index (χ1) is 11.6. The zero-order valence-corrected chi connectivity index (χ0v) is 14.0. The third-order valence-electron chi connectivity index (χ3n) is 4.14. The first-order valence-corrected chi connectivity index (χ1v) is 8.32. The highest BCUT2D eigenvalue weighted by molar-refractivity contribution is 5.98. The number of amides is 2. The van der Waals surface area contributed by atoms with Gasteiger partial charge < -0.3 is 15.0 Å². The standard InChI is InChI=1S/C18H24N2O4/c1-24-15-7-5-14(6-8-15)16(21)9-10-17(22)19-13-18(23)20-11-3-2-4-12-20/h5-8H,2-4,9-13H2,1H3,(H,19,22). The maximum absolute atomic E-state index is 12.0. The molecule has 0 aliphatic carbocycles. The number of rotatable bonds is 7. The molecule has 0 bridgehead atoms. The smallest absolute Gasteiger partial charge is 0.241 e. The first-order valence-electron chi connectivity index (χ1n) is 8.32. The molecule has 0 saturated carbocycles. The Kier molecular flexibility index (Phi) is 6.78. The molecule has 1 N–H and O–H groups in total. The average molecular weight is 332 g/mol. The minimum Gasteiger partial charge on any atom is -0.497 e. The second-order valence-corrected chi connectivity index (χ2v) is 5.87. The van der Waals surface area contributed by atoms with Gasteiger partial charge in [-0.05, 0) is 43.5 Å². The number of nitrogens with zero attached hydrogens (tertiary/aromatic N) is 1. The molecule has 6 nitrogen and oxygen atoms in total. The maximum atomic E-state index is 12.0. The first kappa shape index (κ1) is 18.0. The van der Waals surface area contributed by atoms with Crippen molar-refractivity contribution in [3.8, 4) is 5.75 Å². The van der Waals surface area contributed by atoms with Crippen LogP contribution >= 0.6 is 0 Å². The van der Waals surface area contributed by atoms with Crippen LogP contribution in [0.3, 0.4) is 0 Å². The molecule has 1 aromatic rings. The molecule has 0 aromatic heterocycles. The lowest BCUT2D eigenvalue weighted by atomic mass is 10.1. The molecule has 0 radical (unpaired) electrons. The Morgan fingerprint density at radius 1 is 1.04 bits per heavy atom. The van der Waals surface area contributed by atoms with Gasteiger partial charge in [0.25, 0.3) is 0 Å². The molecule has 1 saturated heterocycles. The van der Waals surface area contributed by atoms with Crippen LogP contribution in [-0.2, 0) is 9.59 Å². The van der Waals surface area contributed by atoms with Gasteiger partial charge in [0, 0.05) is 31.5 Å². The normalized spacial score (nSPS) is 14.1. The summed E-state index contributed by atoms with van der Waals surface area (Å²) in [6, 6.07) is 6.78. The highest BCUT2D eigenvalue weighted by Crippen LogP contribution is 2.13. The number of carbonyl (C=O) groups is 3. The van der Waals surface area contributed by atoms with Crippen LogP contribution in [0.1, 0.15) is 42.5 Å². The van der Waals surface area contributed by atoms with Crippen LogP contribution < -0.4 is 10.1 Å². The van der Waals surface area contributed by atoms with Crippen molar-refractivity contribution in [3.63, 3.8) is 0 Å². The summed E-state index contributed by atoms with van der Waals surface area (Å²) in [6.07, 6.45) is 3.41. The van der Waals surface area contributed by atoms with E-state index in [4.69, 9.17) is 4.74 Å². The van der Waals surface area contributed by atoms with Crippen LogP contribution in [-0.4, -0.2) is 49.2 Å². The van der Waals surface area contributed by atoms with Crippen LogP contribution in [0.2, 0.25) is 0 Å². The molecule has 1 heterocycles. The summed E-state index contributed by atoms with van der Waals surface area (Å²) >= 11 is 0. The van der Waals surface area contributed by atoms with Crippen LogP contribution in [0.25, 0.3) is 0 Å². The van der Waals surface area contributed by atoms with Crippen molar-refractivity contribution < 1.29 is 19.1 Å². The molecule has 2 rings (SSSR count). The van der Waals surface area contributed by atoms with E-state index < -0.39 is 0 Å². The lowest BCUT2D eigenvalue weighted by Crippen LogP contribution is -2.42. The van der Waals surface area contributed by atoms with E-state index in [0.29, 0.717) is 11.3 Å². The van der Waals surface area contributed by atoms with Gasteiger partial charge in [-0.25, -0.2) is 0 Å². The number of hydrogen-bond donors (Lipinski definition) is 1. The number of Topliss-reactive ketones (excluding diaryl/α,β-unsaturated/α-hetero) is 1. The summed E-state index contributed by atoms with van der Waals surface area (Å²) in [5.41, 5.74) is 0.549. The molecule has 1 aliphatic heterocycles. The third kappa shape index (κ3) is 5.37. The highest BCUT2D eigenvalue weighted by atomic mass is 16.5. The van der Waals surface area contributed by atoms with Crippen LogP contribution in [0.4, 0.5) is 0 Å².